The van der Waals surface area contributed by atoms with Gasteiger partial charge in [0.25, 0.3) is 0 Å². The first-order valence-electron chi connectivity index (χ1n) is 3.99. The van der Waals surface area contributed by atoms with E-state index in [1.165, 1.54) is 0 Å². The van der Waals surface area contributed by atoms with Crippen molar-refractivity contribution in [1.82, 2.24) is 0 Å². The van der Waals surface area contributed by atoms with Crippen molar-refractivity contribution in [3.63, 3.8) is 0 Å². The van der Waals surface area contributed by atoms with Gasteiger partial charge in [-0.2, -0.15) is 0 Å². The summed E-state index contributed by atoms with van der Waals surface area (Å²) in [6.07, 6.45) is 1.79. The molecule has 0 saturated carbocycles. The molecule has 0 fully saturated rings. The third-order valence-electron chi connectivity index (χ3n) is 1.69. The molecular formula is C10H8F2O3. The maximum atomic E-state index is 13.4. The van der Waals surface area contributed by atoms with Gasteiger partial charge in [0, 0.05) is 11.6 Å². The van der Waals surface area contributed by atoms with E-state index in [0.717, 1.165) is 31.4 Å². The summed E-state index contributed by atoms with van der Waals surface area (Å²) in [5.74, 6) is -3.49. The SMILES string of the molecule is COc1c(F)ccc(C=CC(=O)O)c1F. The molecule has 0 aliphatic heterocycles. The van der Waals surface area contributed by atoms with E-state index in [1.54, 1.807) is 0 Å². The van der Waals surface area contributed by atoms with Gasteiger partial charge >= 0.3 is 5.97 Å². The number of halogens is 2. The normalized spacial score (nSPS) is 10.6. The molecule has 0 unspecified atom stereocenters. The summed E-state index contributed by atoms with van der Waals surface area (Å²) in [7, 11) is 1.13. The Morgan fingerprint density at radius 2 is 2.13 bits per heavy atom. The zero-order chi connectivity index (χ0) is 11.4. The van der Waals surface area contributed by atoms with Gasteiger partial charge < -0.3 is 9.84 Å². The molecule has 0 aromatic heterocycles. The quantitative estimate of drug-likeness (QED) is 0.783. The maximum absolute atomic E-state index is 13.4. The molecule has 1 aromatic carbocycles. The van der Waals surface area contributed by atoms with Crippen molar-refractivity contribution < 1.29 is 23.4 Å². The second kappa shape index (κ2) is 4.54. The van der Waals surface area contributed by atoms with E-state index in [1.807, 2.05) is 0 Å². The molecule has 0 heterocycles. The Kier molecular flexibility index (Phi) is 3.38. The van der Waals surface area contributed by atoms with Crippen molar-refractivity contribution in [3.8, 4) is 5.75 Å². The van der Waals surface area contributed by atoms with E-state index >= 15 is 0 Å². The van der Waals surface area contributed by atoms with Gasteiger partial charge in [-0.15, -0.1) is 0 Å². The van der Waals surface area contributed by atoms with Crippen LogP contribution in [-0.2, 0) is 4.79 Å². The van der Waals surface area contributed by atoms with Crippen LogP contribution in [0.2, 0.25) is 0 Å². The Labute approximate surface area is 84.6 Å². The van der Waals surface area contributed by atoms with Gasteiger partial charge in [0.15, 0.2) is 17.4 Å². The Balaban J connectivity index is 3.16. The van der Waals surface area contributed by atoms with Gasteiger partial charge in [-0.1, -0.05) is 0 Å². The number of carbonyl (C=O) groups is 1. The zero-order valence-corrected chi connectivity index (χ0v) is 7.83. The van der Waals surface area contributed by atoms with Gasteiger partial charge in [0.2, 0.25) is 0 Å². The number of aliphatic carboxylic acids is 1. The topological polar surface area (TPSA) is 46.5 Å². The van der Waals surface area contributed by atoms with E-state index in [-0.39, 0.29) is 5.56 Å². The van der Waals surface area contributed by atoms with Crippen LogP contribution in [0, 0.1) is 11.6 Å². The predicted molar refractivity (Wildman–Crippen MR) is 49.6 cm³/mol. The number of hydrogen-bond donors (Lipinski definition) is 1. The highest BCUT2D eigenvalue weighted by molar-refractivity contribution is 5.85. The van der Waals surface area contributed by atoms with Crippen molar-refractivity contribution in [2.45, 2.75) is 0 Å². The second-order valence-electron chi connectivity index (χ2n) is 2.66. The number of benzene rings is 1. The molecule has 0 atom stereocenters. The number of carboxylic acids is 1. The van der Waals surface area contributed by atoms with Crippen LogP contribution >= 0.6 is 0 Å². The molecule has 80 valence electrons. The standard InChI is InChI=1S/C10H8F2O3/c1-15-10-7(11)4-2-6(9(10)12)3-5-8(13)14/h2-5H,1H3,(H,13,14). The van der Waals surface area contributed by atoms with Crippen molar-refractivity contribution in [2.24, 2.45) is 0 Å². The summed E-state index contributed by atoms with van der Waals surface area (Å²) >= 11 is 0. The average Bonchev–Trinajstić information content (AvgIpc) is 2.17. The Morgan fingerprint density at radius 1 is 1.47 bits per heavy atom. The predicted octanol–water partition coefficient (Wildman–Crippen LogP) is 2.07. The summed E-state index contributed by atoms with van der Waals surface area (Å²) in [4.78, 5) is 10.2. The van der Waals surface area contributed by atoms with Crippen LogP contribution in [0.4, 0.5) is 8.78 Å². The van der Waals surface area contributed by atoms with Crippen LogP contribution in [0.25, 0.3) is 6.08 Å². The monoisotopic (exact) mass is 214 g/mol. The molecule has 0 aliphatic carbocycles. The molecule has 0 radical (unpaired) electrons. The van der Waals surface area contributed by atoms with Gasteiger partial charge in [0.05, 0.1) is 7.11 Å². The second-order valence-corrected chi connectivity index (χ2v) is 2.66. The smallest absolute Gasteiger partial charge is 0.328 e. The number of hydrogen-bond acceptors (Lipinski definition) is 2. The van der Waals surface area contributed by atoms with Gasteiger partial charge in [0.1, 0.15) is 0 Å². The summed E-state index contributed by atoms with van der Waals surface area (Å²) in [6.45, 7) is 0. The summed E-state index contributed by atoms with van der Waals surface area (Å²) < 4.78 is 30.8. The fraction of sp³-hybridized carbons (Fsp3) is 0.100. The molecule has 0 spiro atoms. The Bertz CT molecular complexity index is 413. The highest BCUT2D eigenvalue weighted by atomic mass is 19.1. The van der Waals surface area contributed by atoms with E-state index in [0.29, 0.717) is 0 Å². The molecule has 1 N–H and O–H groups in total. The summed E-state index contributed by atoms with van der Waals surface area (Å²) in [6, 6.07) is 2.13. The van der Waals surface area contributed by atoms with Gasteiger partial charge in [-0.25, -0.2) is 13.6 Å². The Morgan fingerprint density at radius 3 is 2.67 bits per heavy atom. The molecule has 0 aliphatic rings. The van der Waals surface area contributed by atoms with Crippen LogP contribution < -0.4 is 4.74 Å². The number of methoxy groups -OCH3 is 1. The minimum absolute atomic E-state index is 0.0457. The highest BCUT2D eigenvalue weighted by Gasteiger charge is 2.12. The highest BCUT2D eigenvalue weighted by Crippen LogP contribution is 2.24. The summed E-state index contributed by atoms with van der Waals surface area (Å²) in [5.41, 5.74) is -0.0457. The first kappa shape index (κ1) is 11.2. The largest absolute Gasteiger partial charge is 0.491 e. The molecule has 0 bridgehead atoms. The lowest BCUT2D eigenvalue weighted by atomic mass is 10.2. The zero-order valence-electron chi connectivity index (χ0n) is 7.83. The molecule has 3 nitrogen and oxygen atoms in total. The van der Waals surface area contributed by atoms with Crippen LogP contribution in [-0.4, -0.2) is 18.2 Å². The lowest BCUT2D eigenvalue weighted by Gasteiger charge is -2.04. The molecular weight excluding hydrogens is 206 g/mol. The average molecular weight is 214 g/mol. The van der Waals surface area contributed by atoms with Gasteiger partial charge in [-0.3, -0.25) is 0 Å². The van der Waals surface area contributed by atoms with Crippen LogP contribution in [0.15, 0.2) is 18.2 Å². The van der Waals surface area contributed by atoms with E-state index in [2.05, 4.69) is 4.74 Å². The minimum atomic E-state index is -1.21. The van der Waals surface area contributed by atoms with Crippen molar-refractivity contribution >= 4 is 12.0 Å². The molecule has 1 rings (SSSR count). The third kappa shape index (κ3) is 2.52. The van der Waals surface area contributed by atoms with Crippen molar-refractivity contribution in [3.05, 3.63) is 35.4 Å². The number of carboxylic acid groups (broad SMARTS) is 1. The van der Waals surface area contributed by atoms with E-state index in [9.17, 15) is 13.6 Å². The van der Waals surface area contributed by atoms with E-state index < -0.39 is 23.4 Å². The fourth-order valence-electron chi connectivity index (χ4n) is 1.02. The summed E-state index contributed by atoms with van der Waals surface area (Å²) in [5, 5.41) is 8.33. The lowest BCUT2D eigenvalue weighted by Crippen LogP contribution is -1.95. The van der Waals surface area contributed by atoms with Crippen LogP contribution in [0.5, 0.6) is 5.75 Å². The lowest BCUT2D eigenvalue weighted by molar-refractivity contribution is -0.131. The number of ether oxygens (including phenoxy) is 1. The molecule has 1 aromatic rings. The molecule has 5 heteroatoms. The van der Waals surface area contributed by atoms with Crippen molar-refractivity contribution in [2.75, 3.05) is 7.11 Å². The number of rotatable bonds is 3. The minimum Gasteiger partial charge on any atom is -0.491 e. The first-order valence-corrected chi connectivity index (χ1v) is 3.99. The van der Waals surface area contributed by atoms with Crippen LogP contribution in [0.3, 0.4) is 0 Å². The van der Waals surface area contributed by atoms with Crippen LogP contribution in [0.1, 0.15) is 5.56 Å². The molecule has 0 saturated heterocycles. The first-order chi connectivity index (χ1) is 7.06. The third-order valence-corrected chi connectivity index (χ3v) is 1.69. The van der Waals surface area contributed by atoms with Gasteiger partial charge in [-0.05, 0) is 18.2 Å². The Hall–Kier alpha value is -1.91. The fourth-order valence-corrected chi connectivity index (χ4v) is 1.02. The maximum Gasteiger partial charge on any atom is 0.328 e. The molecule has 0 amide bonds. The van der Waals surface area contributed by atoms with E-state index in [4.69, 9.17) is 5.11 Å². The van der Waals surface area contributed by atoms with Crippen molar-refractivity contribution in [1.29, 1.82) is 0 Å². The molecule has 15 heavy (non-hydrogen) atoms.